The molecule has 0 spiro atoms. The van der Waals surface area contributed by atoms with Crippen molar-refractivity contribution < 1.29 is 14.3 Å². The fraction of sp³-hybridized carbons (Fsp3) is 0.391. The van der Waals surface area contributed by atoms with E-state index in [1.807, 2.05) is 62.3 Å². The highest BCUT2D eigenvalue weighted by molar-refractivity contribution is 5.88. The topological polar surface area (TPSA) is 77.8 Å². The summed E-state index contributed by atoms with van der Waals surface area (Å²) in [5, 5.41) is 13.1. The fourth-order valence-corrected chi connectivity index (χ4v) is 4.39. The van der Waals surface area contributed by atoms with E-state index in [1.165, 1.54) is 0 Å². The Labute approximate surface area is 176 Å². The van der Waals surface area contributed by atoms with E-state index in [2.05, 4.69) is 16.3 Å². The minimum absolute atomic E-state index is 0.149. The highest BCUT2D eigenvalue weighted by Gasteiger charge is 2.45. The monoisotopic (exact) mass is 406 g/mol. The van der Waals surface area contributed by atoms with Gasteiger partial charge < -0.3 is 19.7 Å². The number of fused-ring (bicyclic) bond motifs is 3. The molecule has 0 saturated carbocycles. The average Bonchev–Trinajstić information content (AvgIpc) is 3.04. The predicted molar refractivity (Wildman–Crippen MR) is 115 cm³/mol. The number of esters is 1. The van der Waals surface area contributed by atoms with Gasteiger partial charge in [0.25, 0.3) is 0 Å². The lowest BCUT2D eigenvalue weighted by Gasteiger charge is -2.29. The van der Waals surface area contributed by atoms with Crippen molar-refractivity contribution in [3.05, 3.63) is 53.1 Å². The van der Waals surface area contributed by atoms with Crippen LogP contribution in [0, 0.1) is 11.3 Å². The maximum atomic E-state index is 13.1. The first-order valence-electron chi connectivity index (χ1n) is 10.1. The van der Waals surface area contributed by atoms with E-state index in [-0.39, 0.29) is 12.0 Å². The van der Waals surface area contributed by atoms with Crippen LogP contribution in [0.4, 0.5) is 11.4 Å². The highest BCUT2D eigenvalue weighted by atomic mass is 16.5. The Morgan fingerprint density at radius 1 is 1.33 bits per heavy atom. The number of carbonyl (C=O) groups is 1. The third-order valence-electron chi connectivity index (χ3n) is 5.78. The Morgan fingerprint density at radius 3 is 2.80 bits per heavy atom. The first-order valence-corrected chi connectivity index (χ1v) is 10.1. The number of benzene rings is 2. The minimum Gasteiger partial charge on any atom is -0.476 e. The Bertz CT molecular complexity index is 986. The quantitative estimate of drug-likeness (QED) is 0.765. The molecule has 0 aliphatic carbocycles. The van der Waals surface area contributed by atoms with Gasteiger partial charge in [0.15, 0.2) is 0 Å². The molecule has 0 bridgehead atoms. The van der Waals surface area contributed by atoms with Crippen molar-refractivity contribution in [1.82, 2.24) is 4.90 Å². The van der Waals surface area contributed by atoms with E-state index < -0.39 is 5.92 Å². The molecule has 0 radical (unpaired) electrons. The molecular weight excluding hydrogens is 380 g/mol. The van der Waals surface area contributed by atoms with E-state index in [0.717, 1.165) is 22.5 Å². The van der Waals surface area contributed by atoms with Crippen LogP contribution in [0.3, 0.4) is 0 Å². The number of rotatable bonds is 5. The number of anilines is 2. The van der Waals surface area contributed by atoms with Gasteiger partial charge in [-0.3, -0.25) is 9.69 Å². The molecule has 2 heterocycles. The average molecular weight is 406 g/mol. The summed E-state index contributed by atoms with van der Waals surface area (Å²) in [7, 11) is 3.93. The number of nitriles is 1. The minimum atomic E-state index is -0.460. The van der Waals surface area contributed by atoms with Gasteiger partial charge in [-0.05, 0) is 32.2 Å². The number of carbonyl (C=O) groups excluding carboxylic acids is 1. The zero-order chi connectivity index (χ0) is 21.3. The number of hydrogen-bond donors (Lipinski definition) is 1. The number of para-hydroxylation sites is 1. The predicted octanol–water partition coefficient (Wildman–Crippen LogP) is 2.92. The Hall–Kier alpha value is -3.24. The summed E-state index contributed by atoms with van der Waals surface area (Å²) >= 11 is 0. The largest absolute Gasteiger partial charge is 0.476 e. The van der Waals surface area contributed by atoms with Crippen LogP contribution < -0.4 is 15.0 Å². The molecule has 4 rings (SSSR count). The summed E-state index contributed by atoms with van der Waals surface area (Å²) in [4.78, 5) is 17.2. The number of nitrogens with zero attached hydrogens (tertiary/aromatic N) is 3. The number of hydrogen-bond acceptors (Lipinski definition) is 7. The SMILES string of the molecule is CCOC(=O)C1c2c(cc(C#N)c3c2CN(C)CO3)N(C)C1CNc1ccccc1. The molecule has 7 heteroatoms. The van der Waals surface area contributed by atoms with Gasteiger partial charge in [-0.25, -0.2) is 0 Å². The molecule has 0 amide bonds. The molecule has 2 aliphatic heterocycles. The maximum absolute atomic E-state index is 13.1. The summed E-state index contributed by atoms with van der Waals surface area (Å²) in [6.45, 7) is 3.74. The van der Waals surface area contributed by atoms with Gasteiger partial charge in [0, 0.05) is 42.6 Å². The molecule has 2 atom stereocenters. The Morgan fingerprint density at radius 2 is 2.10 bits per heavy atom. The van der Waals surface area contributed by atoms with Crippen LogP contribution in [-0.2, 0) is 16.1 Å². The van der Waals surface area contributed by atoms with Crippen molar-refractivity contribution in [2.45, 2.75) is 25.4 Å². The van der Waals surface area contributed by atoms with Crippen LogP contribution in [-0.4, -0.2) is 50.9 Å². The number of nitrogens with one attached hydrogen (secondary N) is 1. The first kappa shape index (κ1) is 20.0. The van der Waals surface area contributed by atoms with Crippen molar-refractivity contribution in [3.8, 4) is 11.8 Å². The van der Waals surface area contributed by atoms with Gasteiger partial charge in [0.1, 0.15) is 24.5 Å². The molecule has 1 N–H and O–H groups in total. The van der Waals surface area contributed by atoms with Crippen LogP contribution >= 0.6 is 0 Å². The van der Waals surface area contributed by atoms with Gasteiger partial charge in [0.05, 0.1) is 18.2 Å². The van der Waals surface area contributed by atoms with E-state index in [4.69, 9.17) is 9.47 Å². The maximum Gasteiger partial charge on any atom is 0.315 e. The fourth-order valence-electron chi connectivity index (χ4n) is 4.39. The Balaban J connectivity index is 1.77. The standard InChI is InChI=1S/C23H26N4O3/c1-4-29-23(28)21-19(12-25-16-8-6-5-7-9-16)27(3)18-10-15(11-24)22-17(20(18)21)13-26(2)14-30-22/h5-10,19,21,25H,4,12-14H2,1-3H3. The third-order valence-corrected chi connectivity index (χ3v) is 5.78. The lowest BCUT2D eigenvalue weighted by molar-refractivity contribution is -0.145. The third kappa shape index (κ3) is 3.44. The van der Waals surface area contributed by atoms with Gasteiger partial charge in [0.2, 0.25) is 0 Å². The Kier molecular flexibility index (Phi) is 5.51. The van der Waals surface area contributed by atoms with Crippen molar-refractivity contribution in [1.29, 1.82) is 5.26 Å². The van der Waals surface area contributed by atoms with Gasteiger partial charge >= 0.3 is 5.97 Å². The highest BCUT2D eigenvalue weighted by Crippen LogP contribution is 2.48. The molecule has 0 fully saturated rings. The summed E-state index contributed by atoms with van der Waals surface area (Å²) in [5.41, 5.74) is 4.21. The smallest absolute Gasteiger partial charge is 0.315 e. The lowest BCUT2D eigenvalue weighted by atomic mass is 9.88. The molecular formula is C23H26N4O3. The molecule has 2 unspecified atom stereocenters. The lowest BCUT2D eigenvalue weighted by Crippen LogP contribution is -2.40. The zero-order valence-electron chi connectivity index (χ0n) is 17.5. The second kappa shape index (κ2) is 8.25. The second-order valence-corrected chi connectivity index (χ2v) is 7.72. The van der Waals surface area contributed by atoms with Crippen molar-refractivity contribution in [2.75, 3.05) is 44.2 Å². The van der Waals surface area contributed by atoms with Gasteiger partial charge in [-0.15, -0.1) is 0 Å². The van der Waals surface area contributed by atoms with Crippen LogP contribution in [0.1, 0.15) is 29.5 Å². The molecule has 0 saturated heterocycles. The molecule has 2 aromatic rings. The van der Waals surface area contributed by atoms with Crippen LogP contribution in [0.25, 0.3) is 0 Å². The van der Waals surface area contributed by atoms with E-state index in [0.29, 0.717) is 37.7 Å². The van der Waals surface area contributed by atoms with E-state index in [9.17, 15) is 10.1 Å². The van der Waals surface area contributed by atoms with Crippen molar-refractivity contribution in [2.24, 2.45) is 0 Å². The molecule has 7 nitrogen and oxygen atoms in total. The first-order chi connectivity index (χ1) is 14.5. The molecule has 156 valence electrons. The summed E-state index contributed by atoms with van der Waals surface area (Å²) in [5.74, 6) is -0.116. The summed E-state index contributed by atoms with van der Waals surface area (Å²) in [6, 6.07) is 13.9. The van der Waals surface area contributed by atoms with E-state index >= 15 is 0 Å². The second-order valence-electron chi connectivity index (χ2n) is 7.72. The molecule has 2 aromatic carbocycles. The van der Waals surface area contributed by atoms with Crippen molar-refractivity contribution >= 4 is 17.3 Å². The molecule has 30 heavy (non-hydrogen) atoms. The van der Waals surface area contributed by atoms with Crippen LogP contribution in [0.15, 0.2) is 36.4 Å². The van der Waals surface area contributed by atoms with Crippen LogP contribution in [0.5, 0.6) is 5.75 Å². The van der Waals surface area contributed by atoms with E-state index in [1.54, 1.807) is 0 Å². The van der Waals surface area contributed by atoms with Crippen LogP contribution in [0.2, 0.25) is 0 Å². The molecule has 0 aromatic heterocycles. The van der Waals surface area contributed by atoms with Gasteiger partial charge in [-0.2, -0.15) is 5.26 Å². The van der Waals surface area contributed by atoms with Gasteiger partial charge in [-0.1, -0.05) is 18.2 Å². The number of ether oxygens (including phenoxy) is 2. The normalized spacial score (nSPS) is 20.0. The van der Waals surface area contributed by atoms with Crippen molar-refractivity contribution in [3.63, 3.8) is 0 Å². The number of likely N-dealkylation sites (N-methyl/N-ethyl adjacent to an activating group) is 1. The summed E-state index contributed by atoms with van der Waals surface area (Å²) in [6.07, 6.45) is 0. The zero-order valence-corrected chi connectivity index (χ0v) is 17.5. The summed E-state index contributed by atoms with van der Waals surface area (Å²) < 4.78 is 11.4. The molecule has 2 aliphatic rings.